The maximum Gasteiger partial charge on any atom is 0.152 e. The average Bonchev–Trinajstić information content (AvgIpc) is 3.86. The molecule has 0 aliphatic carbocycles. The van der Waals surface area contributed by atoms with Gasteiger partial charge in [0.25, 0.3) is 0 Å². The lowest BCUT2D eigenvalue weighted by Gasteiger charge is -2.21. The maximum absolute atomic E-state index is 6.58. The normalized spacial score (nSPS) is 12.4. The highest BCUT2D eigenvalue weighted by atomic mass is 32.1. The predicted octanol–water partition coefficient (Wildman–Crippen LogP) is 13.7. The molecule has 0 saturated heterocycles. The fraction of sp³-hybridized carbons (Fsp3) is 0. The molecule has 0 spiro atoms. The van der Waals surface area contributed by atoms with Crippen molar-refractivity contribution in [2.45, 2.75) is 0 Å². The Labute approximate surface area is 302 Å². The van der Waals surface area contributed by atoms with Crippen molar-refractivity contribution >= 4 is 75.1 Å². The van der Waals surface area contributed by atoms with E-state index < -0.39 is 0 Å². The first-order valence-corrected chi connectivity index (χ1v) is 18.5. The number of para-hydroxylation sites is 4. The van der Waals surface area contributed by atoms with Gasteiger partial charge in [-0.15, -0.1) is 11.3 Å². The van der Waals surface area contributed by atoms with Crippen molar-refractivity contribution in [2.75, 3.05) is 0 Å². The molecule has 0 fully saturated rings. The van der Waals surface area contributed by atoms with Gasteiger partial charge < -0.3 is 13.9 Å². The van der Waals surface area contributed by atoms with E-state index in [9.17, 15) is 0 Å². The summed E-state index contributed by atoms with van der Waals surface area (Å²) in [6, 6.07) is 61.7. The van der Waals surface area contributed by atoms with Crippen LogP contribution >= 0.6 is 11.3 Å². The molecule has 0 atom stereocenters. The van der Waals surface area contributed by atoms with Crippen molar-refractivity contribution in [3.8, 4) is 45.1 Å². The van der Waals surface area contributed by atoms with E-state index >= 15 is 0 Å². The number of benzene rings is 8. The molecule has 0 saturated carbocycles. The van der Waals surface area contributed by atoms with Crippen LogP contribution in [0.25, 0.3) is 97.4 Å². The molecule has 12 rings (SSSR count). The molecule has 0 amide bonds. The Balaban J connectivity index is 1.00. The van der Waals surface area contributed by atoms with Crippen LogP contribution in [0.3, 0.4) is 0 Å². The number of hydrogen-bond acceptors (Lipinski definition) is 2. The lowest BCUT2D eigenvalue weighted by molar-refractivity contribution is 0.476. The fourth-order valence-electron chi connectivity index (χ4n) is 8.64. The minimum Gasteiger partial charge on any atom is -0.453 e. The van der Waals surface area contributed by atoms with E-state index in [1.165, 1.54) is 69.4 Å². The highest BCUT2D eigenvalue weighted by Gasteiger charge is 2.24. The number of rotatable bonds is 3. The van der Waals surface area contributed by atoms with Crippen molar-refractivity contribution in [3.05, 3.63) is 170 Å². The molecule has 0 radical (unpaired) electrons. The first kappa shape index (κ1) is 28.1. The van der Waals surface area contributed by atoms with Gasteiger partial charge in [-0.25, -0.2) is 0 Å². The molecule has 1 aliphatic heterocycles. The third-order valence-corrected chi connectivity index (χ3v) is 12.0. The first-order chi connectivity index (χ1) is 25.8. The van der Waals surface area contributed by atoms with E-state index in [1.807, 2.05) is 17.4 Å². The van der Waals surface area contributed by atoms with Crippen LogP contribution in [0, 0.1) is 0 Å². The monoisotopic (exact) mass is 680 g/mol. The van der Waals surface area contributed by atoms with Crippen LogP contribution in [0.15, 0.2) is 170 Å². The quantitative estimate of drug-likeness (QED) is 0.182. The Bertz CT molecular complexity index is 3270. The van der Waals surface area contributed by atoms with Crippen molar-refractivity contribution in [3.63, 3.8) is 0 Å². The summed E-state index contributed by atoms with van der Waals surface area (Å²) in [5.74, 6) is 1.76. The van der Waals surface area contributed by atoms with E-state index in [0.717, 1.165) is 39.5 Å². The summed E-state index contributed by atoms with van der Waals surface area (Å²) in [7, 11) is 0. The highest BCUT2D eigenvalue weighted by Crippen LogP contribution is 2.47. The van der Waals surface area contributed by atoms with Crippen LogP contribution < -0.4 is 4.74 Å². The minimum atomic E-state index is 0.875. The van der Waals surface area contributed by atoms with Gasteiger partial charge in [-0.2, -0.15) is 0 Å². The van der Waals surface area contributed by atoms with Crippen LogP contribution in [0.4, 0.5) is 0 Å². The Morgan fingerprint density at radius 2 is 1.06 bits per heavy atom. The SMILES string of the molecule is c1ccc2c(c1)Oc1cc(-c3ccc(-n4c5ccccc5c5cc(-c6cccc7sc8ccccc8c67)ccc54)cc3)cc3c4ccccc4n-2c13. The van der Waals surface area contributed by atoms with Crippen LogP contribution in [0.5, 0.6) is 11.5 Å². The molecule has 4 heteroatoms. The molecular formula is C48H28N2OS. The number of thiophene rings is 1. The van der Waals surface area contributed by atoms with E-state index in [1.54, 1.807) is 0 Å². The zero-order valence-electron chi connectivity index (χ0n) is 27.9. The van der Waals surface area contributed by atoms with Crippen LogP contribution in [0.1, 0.15) is 0 Å². The van der Waals surface area contributed by atoms with Crippen molar-refractivity contribution < 1.29 is 4.74 Å². The number of hydrogen-bond donors (Lipinski definition) is 0. The first-order valence-electron chi connectivity index (χ1n) is 17.7. The summed E-state index contributed by atoms with van der Waals surface area (Å²) < 4.78 is 14.0. The highest BCUT2D eigenvalue weighted by molar-refractivity contribution is 7.25. The Kier molecular flexibility index (Phi) is 5.65. The fourth-order valence-corrected chi connectivity index (χ4v) is 9.77. The Morgan fingerprint density at radius 1 is 0.404 bits per heavy atom. The number of ether oxygens (including phenoxy) is 1. The van der Waals surface area contributed by atoms with Crippen molar-refractivity contribution in [2.24, 2.45) is 0 Å². The van der Waals surface area contributed by atoms with Gasteiger partial charge in [-0.1, -0.05) is 97.1 Å². The van der Waals surface area contributed by atoms with Crippen LogP contribution in [-0.2, 0) is 0 Å². The molecule has 3 aromatic heterocycles. The largest absolute Gasteiger partial charge is 0.453 e. The number of aromatic nitrogens is 2. The van der Waals surface area contributed by atoms with Gasteiger partial charge >= 0.3 is 0 Å². The summed E-state index contributed by atoms with van der Waals surface area (Å²) in [6.07, 6.45) is 0. The van der Waals surface area contributed by atoms with Gasteiger partial charge in [0.1, 0.15) is 0 Å². The van der Waals surface area contributed by atoms with Gasteiger partial charge in [0, 0.05) is 47.4 Å². The molecule has 8 aromatic carbocycles. The Morgan fingerprint density at radius 3 is 1.92 bits per heavy atom. The van der Waals surface area contributed by atoms with E-state index in [0.29, 0.717) is 0 Å². The topological polar surface area (TPSA) is 19.1 Å². The third kappa shape index (κ3) is 3.84. The second-order valence-electron chi connectivity index (χ2n) is 13.7. The molecule has 3 nitrogen and oxygen atoms in total. The molecule has 0 bridgehead atoms. The van der Waals surface area contributed by atoms with Gasteiger partial charge in [0.15, 0.2) is 11.5 Å². The average molecular weight is 681 g/mol. The molecular weight excluding hydrogens is 653 g/mol. The molecule has 52 heavy (non-hydrogen) atoms. The summed E-state index contributed by atoms with van der Waals surface area (Å²) in [4.78, 5) is 0. The maximum atomic E-state index is 6.58. The summed E-state index contributed by atoms with van der Waals surface area (Å²) >= 11 is 1.87. The van der Waals surface area contributed by atoms with Gasteiger partial charge in [-0.05, 0) is 95.1 Å². The second-order valence-corrected chi connectivity index (χ2v) is 14.8. The van der Waals surface area contributed by atoms with Gasteiger partial charge in [0.2, 0.25) is 0 Å². The van der Waals surface area contributed by atoms with Gasteiger partial charge in [-0.3, -0.25) is 0 Å². The van der Waals surface area contributed by atoms with Crippen LogP contribution in [-0.4, -0.2) is 9.13 Å². The lowest BCUT2D eigenvalue weighted by Crippen LogP contribution is -2.03. The number of fused-ring (bicyclic) bond motifs is 11. The van der Waals surface area contributed by atoms with Gasteiger partial charge in [0.05, 0.1) is 27.8 Å². The lowest BCUT2D eigenvalue weighted by atomic mass is 9.98. The minimum absolute atomic E-state index is 0.875. The molecule has 11 aromatic rings. The molecule has 0 N–H and O–H groups in total. The smallest absolute Gasteiger partial charge is 0.152 e. The summed E-state index contributed by atoms with van der Waals surface area (Å²) in [5, 5.41) is 7.60. The zero-order valence-corrected chi connectivity index (χ0v) is 28.7. The van der Waals surface area contributed by atoms with E-state index in [2.05, 4.69) is 173 Å². The van der Waals surface area contributed by atoms with Crippen LogP contribution in [0.2, 0.25) is 0 Å². The third-order valence-electron chi connectivity index (χ3n) is 10.9. The molecule has 1 aliphatic rings. The number of nitrogens with zero attached hydrogens (tertiary/aromatic N) is 2. The predicted molar refractivity (Wildman–Crippen MR) is 219 cm³/mol. The molecule has 4 heterocycles. The zero-order chi connectivity index (χ0) is 33.9. The standard InChI is InChI=1S/C48H28N2OS/c1-4-14-39-34(10-1)37-26-30(33-13-9-19-46-47(33)36-12-3-8-18-45(36)52-46)22-25-41(37)49(39)32-23-20-29(21-24-32)31-27-38-35-11-2-5-15-40(35)50-42-16-6-7-17-43(42)51-44(28-31)48(38)50/h1-28H. The van der Waals surface area contributed by atoms with E-state index in [-0.39, 0.29) is 0 Å². The van der Waals surface area contributed by atoms with Crippen molar-refractivity contribution in [1.29, 1.82) is 0 Å². The summed E-state index contributed by atoms with van der Waals surface area (Å²) in [6.45, 7) is 0. The molecule has 242 valence electrons. The summed E-state index contributed by atoms with van der Waals surface area (Å²) in [5.41, 5.74) is 11.7. The van der Waals surface area contributed by atoms with E-state index in [4.69, 9.17) is 4.74 Å². The molecule has 0 unspecified atom stereocenters. The van der Waals surface area contributed by atoms with Crippen molar-refractivity contribution in [1.82, 2.24) is 9.13 Å². The Hall–Kier alpha value is -6.62. The second kappa shape index (κ2) is 10.5.